The lowest BCUT2D eigenvalue weighted by atomic mass is 10.0. The monoisotopic (exact) mass is 578 g/mol. The largest absolute Gasteiger partial charge is 0.496 e. The highest BCUT2D eigenvalue weighted by Gasteiger charge is 2.19. The molecule has 0 spiro atoms. The van der Waals surface area contributed by atoms with E-state index in [0.29, 0.717) is 18.7 Å². The minimum absolute atomic E-state index is 0.0257. The zero-order valence-electron chi connectivity index (χ0n) is 25.5. The second-order valence-electron chi connectivity index (χ2n) is 9.91. The van der Waals surface area contributed by atoms with Gasteiger partial charge in [-0.1, -0.05) is 61.5 Å². The Morgan fingerprint density at radius 2 is 1.65 bits per heavy atom. The van der Waals surface area contributed by atoms with E-state index in [1.807, 2.05) is 115 Å². The van der Waals surface area contributed by atoms with Crippen LogP contribution in [0.3, 0.4) is 0 Å². The van der Waals surface area contributed by atoms with Crippen molar-refractivity contribution in [2.24, 2.45) is 12.8 Å². The number of allylic oxidation sites excluding steroid dienone is 3. The standard InChI is InChI=1S/C30H32N2O3.C6H10N2/c1-4-21-31-26(12-10-11-23(2)33)22-32(27-13-6-5-7-14-27)30(34)25-19-17-24(18-20-25)28-15-8-9-16-29(28)35-3;1-8-4-2-3-6(8)5-7/h5-20,31H,4,21-22H2,1-3H3;2-4H,5,7H2,1H3/b11-10+,26-12-;. The number of nitrogens with one attached hydrogen (secondary N) is 1. The highest BCUT2D eigenvalue weighted by Crippen LogP contribution is 2.30. The van der Waals surface area contributed by atoms with Gasteiger partial charge < -0.3 is 25.3 Å². The van der Waals surface area contributed by atoms with E-state index in [0.717, 1.165) is 41.2 Å². The van der Waals surface area contributed by atoms with Crippen LogP contribution in [0.15, 0.2) is 121 Å². The van der Waals surface area contributed by atoms with Gasteiger partial charge in [0.15, 0.2) is 5.78 Å². The second kappa shape index (κ2) is 17.2. The van der Waals surface area contributed by atoms with Crippen molar-refractivity contribution in [3.05, 3.63) is 132 Å². The summed E-state index contributed by atoms with van der Waals surface area (Å²) in [5.74, 6) is 0.651. The lowest BCUT2D eigenvalue weighted by Crippen LogP contribution is -2.36. The van der Waals surface area contributed by atoms with Crippen LogP contribution in [0.5, 0.6) is 5.75 Å². The second-order valence-corrected chi connectivity index (χ2v) is 9.91. The number of nitrogens with two attached hydrogens (primary N) is 1. The molecule has 1 amide bonds. The van der Waals surface area contributed by atoms with Gasteiger partial charge in [-0.3, -0.25) is 9.59 Å². The summed E-state index contributed by atoms with van der Waals surface area (Å²) in [6.45, 7) is 5.34. The Hall–Kier alpha value is -4.88. The topological polar surface area (TPSA) is 89.6 Å². The molecule has 0 fully saturated rings. The molecule has 0 unspecified atom stereocenters. The Morgan fingerprint density at radius 3 is 2.23 bits per heavy atom. The molecule has 4 rings (SSSR count). The third-order valence-corrected chi connectivity index (χ3v) is 6.68. The predicted octanol–water partition coefficient (Wildman–Crippen LogP) is 6.52. The number of benzene rings is 3. The highest BCUT2D eigenvalue weighted by molar-refractivity contribution is 6.06. The first-order chi connectivity index (χ1) is 20.9. The van der Waals surface area contributed by atoms with Crippen molar-refractivity contribution in [1.29, 1.82) is 0 Å². The van der Waals surface area contributed by atoms with Gasteiger partial charge in [0.05, 0.1) is 13.7 Å². The lowest BCUT2D eigenvalue weighted by molar-refractivity contribution is -0.112. The fourth-order valence-electron chi connectivity index (χ4n) is 4.35. The number of anilines is 1. The van der Waals surface area contributed by atoms with Gasteiger partial charge in [-0.2, -0.15) is 0 Å². The van der Waals surface area contributed by atoms with E-state index < -0.39 is 0 Å². The molecule has 7 nitrogen and oxygen atoms in total. The first kappa shape index (κ1) is 32.6. The van der Waals surface area contributed by atoms with Crippen molar-refractivity contribution in [2.75, 3.05) is 25.1 Å². The van der Waals surface area contributed by atoms with Gasteiger partial charge in [-0.05, 0) is 73.5 Å². The van der Waals surface area contributed by atoms with Gasteiger partial charge in [0.2, 0.25) is 0 Å². The number of nitrogens with zero attached hydrogens (tertiary/aromatic N) is 2. The molecule has 7 heteroatoms. The van der Waals surface area contributed by atoms with Crippen LogP contribution < -0.4 is 20.7 Å². The normalized spacial score (nSPS) is 11.0. The van der Waals surface area contributed by atoms with Crippen molar-refractivity contribution in [3.8, 4) is 16.9 Å². The fraction of sp³-hybridized carbons (Fsp3) is 0.222. The number of methoxy groups -OCH3 is 1. The lowest BCUT2D eigenvalue weighted by Gasteiger charge is -2.25. The maximum Gasteiger partial charge on any atom is 0.258 e. The van der Waals surface area contributed by atoms with Crippen molar-refractivity contribution < 1.29 is 14.3 Å². The number of rotatable bonds is 12. The van der Waals surface area contributed by atoms with Gasteiger partial charge in [0.25, 0.3) is 5.91 Å². The number of para-hydroxylation sites is 2. The molecule has 0 saturated heterocycles. The van der Waals surface area contributed by atoms with Crippen LogP contribution in [-0.4, -0.2) is 36.5 Å². The van der Waals surface area contributed by atoms with Crippen molar-refractivity contribution in [2.45, 2.75) is 26.8 Å². The summed E-state index contributed by atoms with van der Waals surface area (Å²) < 4.78 is 7.50. The van der Waals surface area contributed by atoms with Crippen molar-refractivity contribution in [1.82, 2.24) is 9.88 Å². The minimum atomic E-state index is -0.109. The van der Waals surface area contributed by atoms with Crippen molar-refractivity contribution in [3.63, 3.8) is 0 Å². The molecule has 0 radical (unpaired) electrons. The summed E-state index contributed by atoms with van der Waals surface area (Å²) in [5, 5.41) is 3.38. The van der Waals surface area contributed by atoms with Gasteiger partial charge in [0, 0.05) is 54.5 Å². The van der Waals surface area contributed by atoms with E-state index in [2.05, 4.69) is 12.2 Å². The van der Waals surface area contributed by atoms with E-state index in [1.54, 1.807) is 18.1 Å². The van der Waals surface area contributed by atoms with Crippen LogP contribution in [0, 0.1) is 0 Å². The number of hydrogen-bond acceptors (Lipinski definition) is 5. The third-order valence-electron chi connectivity index (χ3n) is 6.68. The smallest absolute Gasteiger partial charge is 0.258 e. The summed E-state index contributed by atoms with van der Waals surface area (Å²) in [6.07, 6.45) is 8.01. The molecule has 43 heavy (non-hydrogen) atoms. The summed E-state index contributed by atoms with van der Waals surface area (Å²) in [5.41, 5.74) is 10.7. The van der Waals surface area contributed by atoms with Crippen LogP contribution in [0.25, 0.3) is 11.1 Å². The van der Waals surface area contributed by atoms with Crippen LogP contribution in [0.2, 0.25) is 0 Å². The number of aryl methyl sites for hydroxylation is 1. The Kier molecular flexibility index (Phi) is 13.0. The summed E-state index contributed by atoms with van der Waals surface area (Å²) in [4.78, 5) is 26.8. The number of carbonyl (C=O) groups excluding carboxylic acids is 2. The number of carbonyl (C=O) groups is 2. The number of ether oxygens (including phenoxy) is 1. The molecular formula is C36H42N4O3. The van der Waals surface area contributed by atoms with E-state index in [4.69, 9.17) is 10.5 Å². The maximum atomic E-state index is 13.7. The summed E-state index contributed by atoms with van der Waals surface area (Å²) in [7, 11) is 3.64. The molecule has 1 heterocycles. The molecule has 0 saturated carbocycles. The molecule has 4 aromatic rings. The van der Waals surface area contributed by atoms with Crippen LogP contribution in [-0.2, 0) is 18.4 Å². The fourth-order valence-corrected chi connectivity index (χ4v) is 4.35. The number of hydrogen-bond donors (Lipinski definition) is 2. The zero-order chi connectivity index (χ0) is 31.0. The van der Waals surface area contributed by atoms with Crippen molar-refractivity contribution >= 4 is 17.4 Å². The maximum absolute atomic E-state index is 13.7. The van der Waals surface area contributed by atoms with Crippen LogP contribution in [0.1, 0.15) is 36.3 Å². The first-order valence-corrected chi connectivity index (χ1v) is 14.4. The predicted molar refractivity (Wildman–Crippen MR) is 176 cm³/mol. The van der Waals surface area contributed by atoms with E-state index in [1.165, 1.54) is 18.7 Å². The Morgan fingerprint density at radius 1 is 0.953 bits per heavy atom. The molecule has 0 atom stereocenters. The third kappa shape index (κ3) is 9.87. The highest BCUT2D eigenvalue weighted by atomic mass is 16.5. The van der Waals surface area contributed by atoms with E-state index in [9.17, 15) is 9.59 Å². The minimum Gasteiger partial charge on any atom is -0.496 e. The first-order valence-electron chi connectivity index (χ1n) is 14.4. The van der Waals surface area contributed by atoms with Gasteiger partial charge in [-0.25, -0.2) is 0 Å². The van der Waals surface area contributed by atoms with Crippen LogP contribution in [0.4, 0.5) is 5.69 Å². The number of ketones is 1. The van der Waals surface area contributed by atoms with E-state index >= 15 is 0 Å². The van der Waals surface area contributed by atoms with Gasteiger partial charge in [0.1, 0.15) is 5.75 Å². The molecule has 3 N–H and O–H groups in total. The average Bonchev–Trinajstić information content (AvgIpc) is 3.47. The van der Waals surface area contributed by atoms with Gasteiger partial charge >= 0.3 is 0 Å². The molecular weight excluding hydrogens is 536 g/mol. The molecule has 0 aliphatic rings. The zero-order valence-corrected chi connectivity index (χ0v) is 25.5. The summed E-state index contributed by atoms with van der Waals surface area (Å²) >= 11 is 0. The molecule has 0 aliphatic carbocycles. The molecule has 0 aliphatic heterocycles. The Bertz CT molecular complexity index is 1510. The van der Waals surface area contributed by atoms with Gasteiger partial charge in [-0.15, -0.1) is 0 Å². The average molecular weight is 579 g/mol. The van der Waals surface area contributed by atoms with E-state index in [-0.39, 0.29) is 11.7 Å². The Labute approximate surface area is 255 Å². The Balaban J connectivity index is 0.000000546. The number of amides is 1. The SMILES string of the molecule is CCCN/C(=C\C=C\C(C)=O)CN(C(=O)c1ccc(-c2ccccc2OC)cc1)c1ccccc1.Cn1cccc1CN. The number of aromatic nitrogens is 1. The summed E-state index contributed by atoms with van der Waals surface area (Å²) in [6, 6.07) is 29.0. The molecule has 3 aromatic carbocycles. The van der Waals surface area contributed by atoms with Crippen LogP contribution >= 0.6 is 0 Å². The molecule has 224 valence electrons. The molecule has 1 aromatic heterocycles. The quantitative estimate of drug-likeness (QED) is 0.148. The molecule has 0 bridgehead atoms.